The van der Waals surface area contributed by atoms with Gasteiger partial charge in [-0.1, -0.05) is 18.2 Å². The van der Waals surface area contributed by atoms with Gasteiger partial charge < -0.3 is 15.3 Å². The molecule has 2 atom stereocenters. The highest BCUT2D eigenvalue weighted by Gasteiger charge is 2.33. The number of carbonyl (C=O) groups excluding carboxylic acids is 1. The largest absolute Gasteiger partial charge is 0.478 e. The van der Waals surface area contributed by atoms with E-state index in [1.165, 1.54) is 31.2 Å². The van der Waals surface area contributed by atoms with Gasteiger partial charge in [-0.2, -0.15) is 13.2 Å². The van der Waals surface area contributed by atoms with Crippen LogP contribution < -0.4 is 10.2 Å². The van der Waals surface area contributed by atoms with E-state index in [2.05, 4.69) is 5.32 Å². The highest BCUT2D eigenvalue weighted by atomic mass is 19.4. The smallest absolute Gasteiger partial charge is 0.416 e. The van der Waals surface area contributed by atoms with E-state index in [0.29, 0.717) is 12.1 Å². The second-order valence-electron chi connectivity index (χ2n) is 8.40. The first-order chi connectivity index (χ1) is 16.0. The van der Waals surface area contributed by atoms with Gasteiger partial charge in [0.1, 0.15) is 0 Å². The molecule has 0 saturated heterocycles. The summed E-state index contributed by atoms with van der Waals surface area (Å²) < 4.78 is 38.8. The number of nitrogens with zero attached hydrogens (tertiary/aromatic N) is 1. The lowest BCUT2D eigenvalue weighted by atomic mass is 9.88. The molecule has 3 aromatic carbocycles. The van der Waals surface area contributed by atoms with Gasteiger partial charge in [-0.25, -0.2) is 4.79 Å². The summed E-state index contributed by atoms with van der Waals surface area (Å²) in [6, 6.07) is 16.7. The van der Waals surface area contributed by atoms with Gasteiger partial charge in [0, 0.05) is 24.3 Å². The van der Waals surface area contributed by atoms with Crippen LogP contribution in [0, 0.1) is 0 Å². The Morgan fingerprint density at radius 1 is 0.971 bits per heavy atom. The van der Waals surface area contributed by atoms with Crippen LogP contribution in [0.15, 0.2) is 66.7 Å². The standard InChI is InChI=1S/C26H23F3N2O3/c1-15-13-23(30-21-10-8-20(9-11-21)26(27,28)29)22-14-19(7-12-24(22)31(15)16(2)32)17-3-5-18(6-4-17)25(33)34/h3-12,14-15,23,30H,13H2,1-2H3,(H,33,34). The van der Waals surface area contributed by atoms with Crippen molar-refractivity contribution >= 4 is 23.3 Å². The molecule has 4 rings (SSSR count). The van der Waals surface area contributed by atoms with E-state index in [1.54, 1.807) is 17.0 Å². The van der Waals surface area contributed by atoms with Crippen LogP contribution in [0.25, 0.3) is 11.1 Å². The Labute approximate surface area is 194 Å². The van der Waals surface area contributed by atoms with Crippen molar-refractivity contribution < 1.29 is 27.9 Å². The fourth-order valence-corrected chi connectivity index (χ4v) is 4.42. The second kappa shape index (κ2) is 8.85. The van der Waals surface area contributed by atoms with E-state index < -0.39 is 17.7 Å². The predicted molar refractivity (Wildman–Crippen MR) is 124 cm³/mol. The average Bonchev–Trinajstić information content (AvgIpc) is 2.78. The monoisotopic (exact) mass is 468 g/mol. The van der Waals surface area contributed by atoms with Crippen molar-refractivity contribution in [2.75, 3.05) is 10.2 Å². The lowest BCUT2D eigenvalue weighted by molar-refractivity contribution is -0.137. The molecule has 0 aromatic heterocycles. The number of carbonyl (C=O) groups is 2. The topological polar surface area (TPSA) is 69.6 Å². The summed E-state index contributed by atoms with van der Waals surface area (Å²) in [5.74, 6) is -1.11. The Morgan fingerprint density at radius 3 is 2.15 bits per heavy atom. The number of hydrogen-bond donors (Lipinski definition) is 2. The van der Waals surface area contributed by atoms with Gasteiger partial charge >= 0.3 is 12.1 Å². The second-order valence-corrected chi connectivity index (χ2v) is 8.40. The number of carboxylic acids is 1. The molecule has 0 fully saturated rings. The molecular weight excluding hydrogens is 445 g/mol. The van der Waals surface area contributed by atoms with Crippen LogP contribution in [-0.4, -0.2) is 23.0 Å². The normalized spacial score (nSPS) is 17.7. The number of halogens is 3. The van der Waals surface area contributed by atoms with E-state index in [-0.39, 0.29) is 23.6 Å². The Bertz CT molecular complexity index is 1220. The van der Waals surface area contributed by atoms with Gasteiger partial charge in [0.05, 0.1) is 17.2 Å². The summed E-state index contributed by atoms with van der Waals surface area (Å²) in [4.78, 5) is 25.2. The maximum absolute atomic E-state index is 12.9. The summed E-state index contributed by atoms with van der Waals surface area (Å²) in [6.45, 7) is 3.44. The number of hydrogen-bond acceptors (Lipinski definition) is 3. The van der Waals surface area contributed by atoms with Crippen molar-refractivity contribution in [3.63, 3.8) is 0 Å². The molecule has 1 aliphatic heterocycles. The Hall–Kier alpha value is -3.81. The lowest BCUT2D eigenvalue weighted by Crippen LogP contribution is -2.43. The summed E-state index contributed by atoms with van der Waals surface area (Å²) >= 11 is 0. The van der Waals surface area contributed by atoms with Gasteiger partial charge in [0.2, 0.25) is 5.91 Å². The minimum Gasteiger partial charge on any atom is -0.478 e. The maximum atomic E-state index is 12.9. The fourth-order valence-electron chi connectivity index (χ4n) is 4.42. The van der Waals surface area contributed by atoms with Crippen LogP contribution in [0.3, 0.4) is 0 Å². The molecule has 0 saturated carbocycles. The van der Waals surface area contributed by atoms with Crippen molar-refractivity contribution in [2.45, 2.75) is 38.5 Å². The number of aromatic carboxylic acids is 1. The predicted octanol–water partition coefficient (Wildman–Crippen LogP) is 6.37. The first kappa shape index (κ1) is 23.4. The van der Waals surface area contributed by atoms with Crippen molar-refractivity contribution in [1.29, 1.82) is 0 Å². The minimum atomic E-state index is -4.41. The molecule has 0 bridgehead atoms. The van der Waals surface area contributed by atoms with Crippen molar-refractivity contribution in [1.82, 2.24) is 0 Å². The van der Waals surface area contributed by atoms with Crippen LogP contribution >= 0.6 is 0 Å². The average molecular weight is 468 g/mol. The Morgan fingerprint density at radius 2 is 1.59 bits per heavy atom. The molecule has 8 heteroatoms. The molecular formula is C26H23F3N2O3. The van der Waals surface area contributed by atoms with Crippen LogP contribution in [0.4, 0.5) is 24.5 Å². The third kappa shape index (κ3) is 4.62. The number of anilines is 2. The van der Waals surface area contributed by atoms with Crippen molar-refractivity contribution in [3.8, 4) is 11.1 Å². The maximum Gasteiger partial charge on any atom is 0.416 e. The molecule has 2 unspecified atom stereocenters. The molecule has 3 aromatic rings. The van der Waals surface area contributed by atoms with Crippen molar-refractivity contribution in [3.05, 3.63) is 83.4 Å². The van der Waals surface area contributed by atoms with E-state index in [4.69, 9.17) is 5.11 Å². The summed E-state index contributed by atoms with van der Waals surface area (Å²) in [5, 5.41) is 12.5. The zero-order valence-electron chi connectivity index (χ0n) is 18.6. The Balaban J connectivity index is 1.71. The molecule has 2 N–H and O–H groups in total. The first-order valence-corrected chi connectivity index (χ1v) is 10.8. The summed E-state index contributed by atoms with van der Waals surface area (Å²) in [7, 11) is 0. The van der Waals surface area contributed by atoms with Crippen LogP contribution in [0.1, 0.15) is 47.8 Å². The molecule has 34 heavy (non-hydrogen) atoms. The number of benzene rings is 3. The number of alkyl halides is 3. The number of rotatable bonds is 4. The van der Waals surface area contributed by atoms with Gasteiger partial charge in [0.15, 0.2) is 0 Å². The highest BCUT2D eigenvalue weighted by Crippen LogP contribution is 2.41. The summed E-state index contributed by atoms with van der Waals surface area (Å²) in [6.07, 6.45) is -3.84. The zero-order chi connectivity index (χ0) is 24.6. The van der Waals surface area contributed by atoms with Crippen LogP contribution in [0.5, 0.6) is 0 Å². The third-order valence-electron chi connectivity index (χ3n) is 6.04. The van der Waals surface area contributed by atoms with E-state index >= 15 is 0 Å². The number of nitrogens with one attached hydrogen (secondary N) is 1. The first-order valence-electron chi connectivity index (χ1n) is 10.8. The SMILES string of the molecule is CC(=O)N1c2ccc(-c3ccc(C(=O)O)cc3)cc2C(Nc2ccc(C(F)(F)F)cc2)CC1C. The van der Waals surface area contributed by atoms with Gasteiger partial charge in [-0.3, -0.25) is 4.79 Å². The highest BCUT2D eigenvalue weighted by molar-refractivity contribution is 5.94. The van der Waals surface area contributed by atoms with E-state index in [1.807, 2.05) is 25.1 Å². The van der Waals surface area contributed by atoms with Gasteiger partial charge in [0.25, 0.3) is 0 Å². The van der Waals surface area contributed by atoms with E-state index in [0.717, 1.165) is 34.5 Å². The molecule has 1 amide bonds. The van der Waals surface area contributed by atoms with Crippen molar-refractivity contribution in [2.24, 2.45) is 0 Å². The number of fused-ring (bicyclic) bond motifs is 1. The molecule has 0 spiro atoms. The molecule has 176 valence electrons. The van der Waals surface area contributed by atoms with Crippen LogP contribution in [-0.2, 0) is 11.0 Å². The molecule has 0 aliphatic carbocycles. The molecule has 0 radical (unpaired) electrons. The fraction of sp³-hybridized carbons (Fsp3) is 0.231. The quantitative estimate of drug-likeness (QED) is 0.467. The van der Waals surface area contributed by atoms with Gasteiger partial charge in [-0.15, -0.1) is 0 Å². The third-order valence-corrected chi connectivity index (χ3v) is 6.04. The summed E-state index contributed by atoms with van der Waals surface area (Å²) in [5.41, 5.74) is 3.24. The van der Waals surface area contributed by atoms with Gasteiger partial charge in [-0.05, 0) is 78.6 Å². The molecule has 1 aliphatic rings. The Kier molecular flexibility index (Phi) is 6.08. The van der Waals surface area contributed by atoms with Crippen LogP contribution in [0.2, 0.25) is 0 Å². The molecule has 5 nitrogen and oxygen atoms in total. The minimum absolute atomic E-state index is 0.0970. The zero-order valence-corrected chi connectivity index (χ0v) is 18.6. The number of carboxylic acid groups (broad SMARTS) is 1. The number of amides is 1. The molecule has 1 heterocycles. The lowest BCUT2D eigenvalue weighted by Gasteiger charge is -2.39. The van der Waals surface area contributed by atoms with E-state index in [9.17, 15) is 22.8 Å².